The van der Waals surface area contributed by atoms with E-state index in [4.69, 9.17) is 4.74 Å². The van der Waals surface area contributed by atoms with E-state index in [1.807, 2.05) is 9.80 Å². The normalized spacial score (nSPS) is 18.8. The molecule has 0 saturated carbocycles. The number of amides is 2. The highest BCUT2D eigenvalue weighted by Gasteiger charge is 2.31. The van der Waals surface area contributed by atoms with Gasteiger partial charge < -0.3 is 19.7 Å². The first kappa shape index (κ1) is 22.3. The quantitative estimate of drug-likeness (QED) is 0.726. The number of halogens is 3. The van der Waals surface area contributed by atoms with Gasteiger partial charge in [0, 0.05) is 45.0 Å². The number of nitrogens with zero attached hydrogens (tertiary/aromatic N) is 3. The van der Waals surface area contributed by atoms with Crippen LogP contribution < -0.4 is 10.1 Å². The summed E-state index contributed by atoms with van der Waals surface area (Å²) in [7, 11) is 0. The maximum Gasteiger partial charge on any atom is 0.573 e. The summed E-state index contributed by atoms with van der Waals surface area (Å²) in [5.74, 6) is -0.534. The Morgan fingerprint density at radius 1 is 0.933 bits per heavy atom. The molecule has 1 N–H and O–H groups in total. The lowest BCUT2D eigenvalue weighted by Gasteiger charge is -2.36. The molecular weight excluding hydrogens is 405 g/mol. The highest BCUT2D eigenvalue weighted by molar-refractivity contribution is 5.92. The number of piperazine rings is 1. The van der Waals surface area contributed by atoms with E-state index in [9.17, 15) is 22.8 Å². The number of ether oxygens (including phenoxy) is 2. The Kier molecular flexibility index (Phi) is 7.51. The summed E-state index contributed by atoms with van der Waals surface area (Å²) in [4.78, 5) is 30.5. The van der Waals surface area contributed by atoms with Gasteiger partial charge in [-0.25, -0.2) is 0 Å². The lowest BCUT2D eigenvalue weighted by atomic mass is 10.2. The first-order valence-corrected chi connectivity index (χ1v) is 9.74. The van der Waals surface area contributed by atoms with Crippen LogP contribution in [0.2, 0.25) is 0 Å². The van der Waals surface area contributed by atoms with E-state index in [1.54, 1.807) is 0 Å². The largest absolute Gasteiger partial charge is 0.573 e. The maximum atomic E-state index is 12.4. The van der Waals surface area contributed by atoms with Crippen LogP contribution in [-0.2, 0) is 14.3 Å². The van der Waals surface area contributed by atoms with Gasteiger partial charge in [-0.15, -0.1) is 13.2 Å². The van der Waals surface area contributed by atoms with Crippen LogP contribution in [0.4, 0.5) is 18.9 Å². The molecule has 0 atom stereocenters. The van der Waals surface area contributed by atoms with Gasteiger partial charge in [-0.05, 0) is 24.3 Å². The number of carbonyl (C=O) groups excluding carboxylic acids is 2. The topological polar surface area (TPSA) is 74.4 Å². The highest BCUT2D eigenvalue weighted by Crippen LogP contribution is 2.23. The van der Waals surface area contributed by atoms with Crippen LogP contribution in [-0.4, -0.2) is 98.4 Å². The predicted molar refractivity (Wildman–Crippen MR) is 102 cm³/mol. The SMILES string of the molecule is O=C(CN1CCN(C(=O)CN2CCOCC2)CC1)Nc1ccc(OC(F)(F)F)cc1. The molecule has 11 heteroatoms. The smallest absolute Gasteiger partial charge is 0.406 e. The van der Waals surface area contributed by atoms with Gasteiger partial charge in [-0.1, -0.05) is 0 Å². The van der Waals surface area contributed by atoms with Gasteiger partial charge in [0.1, 0.15) is 5.75 Å². The molecule has 0 bridgehead atoms. The van der Waals surface area contributed by atoms with Crippen molar-refractivity contribution >= 4 is 17.5 Å². The molecule has 2 aliphatic rings. The number of morpholine rings is 1. The van der Waals surface area contributed by atoms with Crippen LogP contribution >= 0.6 is 0 Å². The van der Waals surface area contributed by atoms with Gasteiger partial charge >= 0.3 is 6.36 Å². The van der Waals surface area contributed by atoms with E-state index in [0.717, 1.165) is 25.2 Å². The van der Waals surface area contributed by atoms with Crippen molar-refractivity contribution in [3.05, 3.63) is 24.3 Å². The van der Waals surface area contributed by atoms with Crippen molar-refractivity contribution in [2.45, 2.75) is 6.36 Å². The minimum Gasteiger partial charge on any atom is -0.406 e. The summed E-state index contributed by atoms with van der Waals surface area (Å²) in [6, 6.07) is 4.98. The third-order valence-electron chi connectivity index (χ3n) is 4.93. The Labute approximate surface area is 172 Å². The summed E-state index contributed by atoms with van der Waals surface area (Å²) in [6.07, 6.45) is -4.75. The number of hydrogen-bond acceptors (Lipinski definition) is 6. The molecule has 2 aliphatic heterocycles. The summed E-state index contributed by atoms with van der Waals surface area (Å²) in [5, 5.41) is 2.65. The number of nitrogens with one attached hydrogen (secondary N) is 1. The molecule has 30 heavy (non-hydrogen) atoms. The van der Waals surface area contributed by atoms with E-state index < -0.39 is 6.36 Å². The van der Waals surface area contributed by atoms with Crippen molar-refractivity contribution in [3.8, 4) is 5.75 Å². The Morgan fingerprint density at radius 3 is 2.13 bits per heavy atom. The van der Waals surface area contributed by atoms with Gasteiger partial charge in [-0.3, -0.25) is 19.4 Å². The van der Waals surface area contributed by atoms with Crippen LogP contribution in [0.1, 0.15) is 0 Å². The molecule has 3 rings (SSSR count). The molecule has 1 aromatic carbocycles. The van der Waals surface area contributed by atoms with Gasteiger partial charge in [-0.2, -0.15) is 0 Å². The van der Waals surface area contributed by atoms with E-state index in [2.05, 4.69) is 15.0 Å². The second-order valence-corrected chi connectivity index (χ2v) is 7.17. The molecule has 2 fully saturated rings. The van der Waals surface area contributed by atoms with Crippen molar-refractivity contribution in [3.63, 3.8) is 0 Å². The maximum absolute atomic E-state index is 12.4. The lowest BCUT2D eigenvalue weighted by molar-refractivity contribution is -0.274. The fraction of sp³-hybridized carbons (Fsp3) is 0.579. The Morgan fingerprint density at radius 2 is 1.53 bits per heavy atom. The molecule has 0 aliphatic carbocycles. The van der Waals surface area contributed by atoms with Crippen molar-refractivity contribution in [1.29, 1.82) is 0 Å². The Balaban J connectivity index is 1.38. The summed E-state index contributed by atoms with van der Waals surface area (Å²) < 4.78 is 45.6. The zero-order valence-electron chi connectivity index (χ0n) is 16.5. The molecular formula is C19H25F3N4O4. The van der Waals surface area contributed by atoms with E-state index in [1.165, 1.54) is 12.1 Å². The zero-order valence-corrected chi connectivity index (χ0v) is 16.5. The number of carbonyl (C=O) groups is 2. The molecule has 166 valence electrons. The van der Waals surface area contributed by atoms with Gasteiger partial charge in [0.05, 0.1) is 26.3 Å². The molecule has 1 aromatic rings. The Hall–Kier alpha value is -2.37. The van der Waals surface area contributed by atoms with Crippen molar-refractivity contribution in [1.82, 2.24) is 14.7 Å². The third kappa shape index (κ3) is 7.15. The first-order chi connectivity index (χ1) is 14.3. The summed E-state index contributed by atoms with van der Waals surface area (Å²) in [6.45, 7) is 5.62. The van der Waals surface area contributed by atoms with E-state index >= 15 is 0 Å². The molecule has 0 unspecified atom stereocenters. The standard InChI is InChI=1S/C19H25F3N4O4/c20-19(21,22)30-16-3-1-15(2-4-16)23-17(27)13-24-5-7-26(8-6-24)18(28)14-25-9-11-29-12-10-25/h1-4H,5-14H2,(H,23,27). The number of hydrogen-bond donors (Lipinski definition) is 1. The number of alkyl halides is 3. The lowest BCUT2D eigenvalue weighted by Crippen LogP contribution is -2.53. The minimum absolute atomic E-state index is 0.0853. The van der Waals surface area contributed by atoms with Crippen LogP contribution in [0.3, 0.4) is 0 Å². The Bertz CT molecular complexity index is 715. The van der Waals surface area contributed by atoms with E-state index in [0.29, 0.717) is 51.6 Å². The molecule has 8 nitrogen and oxygen atoms in total. The van der Waals surface area contributed by atoms with Gasteiger partial charge in [0.2, 0.25) is 11.8 Å². The molecule has 0 spiro atoms. The average molecular weight is 430 g/mol. The summed E-state index contributed by atoms with van der Waals surface area (Å²) in [5.41, 5.74) is 0.383. The number of benzene rings is 1. The second kappa shape index (κ2) is 10.1. The highest BCUT2D eigenvalue weighted by atomic mass is 19.4. The zero-order chi connectivity index (χ0) is 21.6. The molecule has 2 amide bonds. The van der Waals surface area contributed by atoms with E-state index in [-0.39, 0.29) is 24.1 Å². The third-order valence-corrected chi connectivity index (χ3v) is 4.93. The van der Waals surface area contributed by atoms with Crippen molar-refractivity contribution in [2.75, 3.05) is 70.9 Å². The van der Waals surface area contributed by atoms with Gasteiger partial charge in [0.25, 0.3) is 0 Å². The van der Waals surface area contributed by atoms with Gasteiger partial charge in [0.15, 0.2) is 0 Å². The molecule has 2 saturated heterocycles. The first-order valence-electron chi connectivity index (χ1n) is 9.74. The molecule has 2 heterocycles. The van der Waals surface area contributed by atoms with Crippen molar-refractivity contribution in [2.24, 2.45) is 0 Å². The fourth-order valence-electron chi connectivity index (χ4n) is 3.35. The number of rotatable bonds is 6. The predicted octanol–water partition coefficient (Wildman–Crippen LogP) is 1.00. The van der Waals surface area contributed by atoms with Crippen LogP contribution in [0.5, 0.6) is 5.75 Å². The van der Waals surface area contributed by atoms with Crippen LogP contribution in [0.25, 0.3) is 0 Å². The van der Waals surface area contributed by atoms with Crippen LogP contribution in [0, 0.1) is 0 Å². The number of anilines is 1. The summed E-state index contributed by atoms with van der Waals surface area (Å²) >= 11 is 0. The fourth-order valence-corrected chi connectivity index (χ4v) is 3.35. The monoisotopic (exact) mass is 430 g/mol. The average Bonchev–Trinajstić information content (AvgIpc) is 2.69. The second-order valence-electron chi connectivity index (χ2n) is 7.17. The molecule has 0 aromatic heterocycles. The van der Waals surface area contributed by atoms with Crippen molar-refractivity contribution < 1.29 is 32.2 Å². The minimum atomic E-state index is -4.75. The molecule has 0 radical (unpaired) electrons. The van der Waals surface area contributed by atoms with Crippen LogP contribution in [0.15, 0.2) is 24.3 Å².